The second-order valence-corrected chi connectivity index (χ2v) is 7.65. The average molecular weight is 380 g/mol. The van der Waals surface area contributed by atoms with Gasteiger partial charge in [0.25, 0.3) is 0 Å². The Morgan fingerprint density at radius 2 is 1.48 bits per heavy atom. The fraction of sp³-hybridized carbons (Fsp3) is 0.818. The number of esters is 1. The number of H-pyrrole nitrogens is 1. The Labute approximate surface area is 165 Å². The molecule has 1 heterocycles. The van der Waals surface area contributed by atoms with Crippen molar-refractivity contribution in [2.75, 3.05) is 6.61 Å². The van der Waals surface area contributed by atoms with Crippen molar-refractivity contribution in [1.82, 2.24) is 9.97 Å². The minimum atomic E-state index is -0.614. The van der Waals surface area contributed by atoms with Crippen LogP contribution in [0, 0.1) is 0 Å². The number of hydrogen-bond donors (Lipinski definition) is 2. The van der Waals surface area contributed by atoms with Crippen molar-refractivity contribution in [3.8, 4) is 0 Å². The first kappa shape index (κ1) is 23.7. The lowest BCUT2D eigenvalue weighted by atomic mass is 10.0. The molecule has 0 spiro atoms. The summed E-state index contributed by atoms with van der Waals surface area (Å²) in [6, 6.07) is -0.614. The molecule has 5 nitrogen and oxygen atoms in total. The third-order valence-corrected chi connectivity index (χ3v) is 5.04. The molecular weight excluding hydrogens is 338 g/mol. The standard InChI is InChI=1S/C22H41N3O2/c1-2-3-4-5-6-7-8-9-10-11-12-13-14-15-16-27-22(26)21(23)17-20-18-24-19-25-20/h18-19,21H,2-17,23H2,1H3,(H,24,25). The minimum absolute atomic E-state index is 0.320. The van der Waals surface area contributed by atoms with Crippen LogP contribution < -0.4 is 5.73 Å². The van der Waals surface area contributed by atoms with Crippen LogP contribution in [-0.4, -0.2) is 28.6 Å². The molecule has 3 N–H and O–H groups in total. The summed E-state index contributed by atoms with van der Waals surface area (Å²) in [5, 5.41) is 0. The Balaban J connectivity index is 1.80. The van der Waals surface area contributed by atoms with E-state index in [1.54, 1.807) is 12.5 Å². The van der Waals surface area contributed by atoms with Gasteiger partial charge in [0.2, 0.25) is 0 Å². The van der Waals surface area contributed by atoms with Gasteiger partial charge in [0.1, 0.15) is 6.04 Å². The molecular formula is C22H41N3O2. The summed E-state index contributed by atoms with van der Waals surface area (Å²) in [5.41, 5.74) is 6.70. The van der Waals surface area contributed by atoms with Crippen molar-refractivity contribution in [2.45, 2.75) is 109 Å². The van der Waals surface area contributed by atoms with Crippen molar-refractivity contribution in [3.05, 3.63) is 18.2 Å². The van der Waals surface area contributed by atoms with E-state index in [0.717, 1.165) is 18.5 Å². The molecule has 0 saturated heterocycles. The summed E-state index contributed by atoms with van der Waals surface area (Å²) in [6.07, 6.45) is 22.2. The number of nitrogens with zero attached hydrogens (tertiary/aromatic N) is 1. The number of rotatable bonds is 18. The van der Waals surface area contributed by atoms with Gasteiger partial charge in [-0.3, -0.25) is 4.79 Å². The minimum Gasteiger partial charge on any atom is -0.465 e. The molecule has 0 saturated carbocycles. The zero-order valence-electron chi connectivity index (χ0n) is 17.4. The molecule has 0 aliphatic heterocycles. The molecule has 27 heavy (non-hydrogen) atoms. The number of carbonyl (C=O) groups excluding carboxylic acids is 1. The molecule has 1 atom stereocenters. The molecule has 0 aliphatic carbocycles. The van der Waals surface area contributed by atoms with Crippen molar-refractivity contribution in [1.29, 1.82) is 0 Å². The summed E-state index contributed by atoms with van der Waals surface area (Å²) in [6.45, 7) is 2.75. The highest BCUT2D eigenvalue weighted by Gasteiger charge is 2.15. The molecule has 0 fully saturated rings. The second kappa shape index (κ2) is 16.8. The quantitative estimate of drug-likeness (QED) is 0.268. The molecule has 156 valence electrons. The number of nitrogens with two attached hydrogens (primary N) is 1. The predicted molar refractivity (Wildman–Crippen MR) is 112 cm³/mol. The highest BCUT2D eigenvalue weighted by Crippen LogP contribution is 2.13. The monoisotopic (exact) mass is 379 g/mol. The van der Waals surface area contributed by atoms with Gasteiger partial charge in [-0.25, -0.2) is 4.98 Å². The number of aromatic nitrogens is 2. The lowest BCUT2D eigenvalue weighted by molar-refractivity contribution is -0.145. The van der Waals surface area contributed by atoms with E-state index in [0.29, 0.717) is 13.0 Å². The Morgan fingerprint density at radius 1 is 0.963 bits per heavy atom. The molecule has 0 radical (unpaired) electrons. The maximum atomic E-state index is 11.8. The van der Waals surface area contributed by atoms with Crippen LogP contribution in [0.15, 0.2) is 12.5 Å². The summed E-state index contributed by atoms with van der Waals surface area (Å²) >= 11 is 0. The largest absolute Gasteiger partial charge is 0.465 e. The number of imidazole rings is 1. The first-order valence-corrected chi connectivity index (χ1v) is 11.1. The molecule has 1 unspecified atom stereocenters. The van der Waals surface area contributed by atoms with Gasteiger partial charge in [-0.05, 0) is 6.42 Å². The third-order valence-electron chi connectivity index (χ3n) is 5.04. The molecule has 5 heteroatoms. The summed E-state index contributed by atoms with van der Waals surface area (Å²) in [7, 11) is 0. The Hall–Kier alpha value is -1.36. The molecule has 0 bridgehead atoms. The van der Waals surface area contributed by atoms with E-state index in [1.807, 2.05) is 0 Å². The van der Waals surface area contributed by atoms with Gasteiger partial charge in [-0.2, -0.15) is 0 Å². The number of aromatic amines is 1. The zero-order valence-corrected chi connectivity index (χ0v) is 17.4. The van der Waals surface area contributed by atoms with E-state index < -0.39 is 6.04 Å². The number of carbonyl (C=O) groups is 1. The Morgan fingerprint density at radius 3 is 1.96 bits per heavy atom. The van der Waals surface area contributed by atoms with Crippen LogP contribution in [0.3, 0.4) is 0 Å². The van der Waals surface area contributed by atoms with Gasteiger partial charge in [0.15, 0.2) is 0 Å². The normalized spacial score (nSPS) is 12.2. The number of unbranched alkanes of at least 4 members (excludes halogenated alkanes) is 13. The van der Waals surface area contributed by atoms with Gasteiger partial charge in [-0.1, -0.05) is 90.4 Å². The number of nitrogens with one attached hydrogen (secondary N) is 1. The van der Waals surface area contributed by atoms with E-state index in [9.17, 15) is 4.79 Å². The van der Waals surface area contributed by atoms with E-state index in [-0.39, 0.29) is 5.97 Å². The molecule has 1 aromatic heterocycles. The second-order valence-electron chi connectivity index (χ2n) is 7.65. The Kier molecular flexibility index (Phi) is 14.7. The molecule has 0 aromatic carbocycles. The van der Waals surface area contributed by atoms with Gasteiger partial charge < -0.3 is 15.5 Å². The van der Waals surface area contributed by atoms with Crippen LogP contribution in [-0.2, 0) is 16.0 Å². The number of hydrogen-bond acceptors (Lipinski definition) is 4. The van der Waals surface area contributed by atoms with Gasteiger partial charge in [-0.15, -0.1) is 0 Å². The average Bonchev–Trinajstić information content (AvgIpc) is 3.17. The molecule has 0 amide bonds. The van der Waals surface area contributed by atoms with Crippen molar-refractivity contribution < 1.29 is 9.53 Å². The number of ether oxygens (including phenoxy) is 1. The first-order chi connectivity index (χ1) is 13.2. The van der Waals surface area contributed by atoms with E-state index in [1.165, 1.54) is 77.0 Å². The van der Waals surface area contributed by atoms with E-state index in [2.05, 4.69) is 16.9 Å². The van der Waals surface area contributed by atoms with E-state index in [4.69, 9.17) is 10.5 Å². The molecule has 1 rings (SSSR count). The first-order valence-electron chi connectivity index (χ1n) is 11.1. The summed E-state index contributed by atoms with van der Waals surface area (Å²) in [5.74, 6) is -0.320. The third kappa shape index (κ3) is 13.5. The SMILES string of the molecule is CCCCCCCCCCCCCCCCOC(=O)C(N)Cc1cnc[nH]1. The van der Waals surface area contributed by atoms with Gasteiger partial charge in [0.05, 0.1) is 12.9 Å². The van der Waals surface area contributed by atoms with Crippen molar-refractivity contribution >= 4 is 5.97 Å². The lowest BCUT2D eigenvalue weighted by Gasteiger charge is -2.10. The highest BCUT2D eigenvalue weighted by atomic mass is 16.5. The van der Waals surface area contributed by atoms with Crippen LogP contribution in [0.25, 0.3) is 0 Å². The maximum Gasteiger partial charge on any atom is 0.323 e. The molecule has 0 aliphatic rings. The van der Waals surface area contributed by atoms with Crippen LogP contribution in [0.5, 0.6) is 0 Å². The van der Waals surface area contributed by atoms with Gasteiger partial charge >= 0.3 is 5.97 Å². The lowest BCUT2D eigenvalue weighted by Crippen LogP contribution is -2.34. The molecule has 1 aromatic rings. The summed E-state index contributed by atoms with van der Waals surface area (Å²) < 4.78 is 5.26. The predicted octanol–water partition coefficient (Wildman–Crippen LogP) is 5.30. The zero-order chi connectivity index (χ0) is 19.6. The fourth-order valence-corrected chi connectivity index (χ4v) is 3.29. The van der Waals surface area contributed by atoms with E-state index >= 15 is 0 Å². The fourth-order valence-electron chi connectivity index (χ4n) is 3.29. The van der Waals surface area contributed by atoms with Crippen LogP contribution in [0.2, 0.25) is 0 Å². The summed E-state index contributed by atoms with van der Waals surface area (Å²) in [4.78, 5) is 18.7. The van der Waals surface area contributed by atoms with Gasteiger partial charge in [0, 0.05) is 18.3 Å². The van der Waals surface area contributed by atoms with Crippen LogP contribution in [0.1, 0.15) is 103 Å². The Bertz CT molecular complexity index is 448. The van der Waals surface area contributed by atoms with Crippen LogP contribution >= 0.6 is 0 Å². The topological polar surface area (TPSA) is 81.0 Å². The van der Waals surface area contributed by atoms with Crippen molar-refractivity contribution in [2.24, 2.45) is 5.73 Å². The smallest absolute Gasteiger partial charge is 0.323 e. The van der Waals surface area contributed by atoms with Crippen LogP contribution in [0.4, 0.5) is 0 Å². The maximum absolute atomic E-state index is 11.8. The highest BCUT2D eigenvalue weighted by molar-refractivity contribution is 5.75. The van der Waals surface area contributed by atoms with Crippen molar-refractivity contribution in [3.63, 3.8) is 0 Å².